The highest BCUT2D eigenvalue weighted by Gasteiger charge is 2.47. The zero-order valence-electron chi connectivity index (χ0n) is 12.5. The Morgan fingerprint density at radius 2 is 2.00 bits per heavy atom. The lowest BCUT2D eigenvalue weighted by Gasteiger charge is -2.33. The highest BCUT2D eigenvalue weighted by Crippen LogP contribution is 2.56. The predicted molar refractivity (Wildman–Crippen MR) is 83.9 cm³/mol. The molecule has 0 radical (unpaired) electrons. The number of H-pyrrole nitrogens is 1. The summed E-state index contributed by atoms with van der Waals surface area (Å²) in [7, 11) is 4.44. The molecule has 0 aliphatic heterocycles. The first-order valence-corrected chi connectivity index (χ1v) is 7.94. The molecule has 2 nitrogen and oxygen atoms in total. The molecule has 106 valence electrons. The molecule has 2 heteroatoms. The van der Waals surface area contributed by atoms with Crippen molar-refractivity contribution in [2.45, 2.75) is 25.2 Å². The molecule has 0 saturated heterocycles. The third-order valence-electron chi connectivity index (χ3n) is 5.63. The summed E-state index contributed by atoms with van der Waals surface area (Å²) in [4.78, 5) is 5.69. The molecule has 0 amide bonds. The second-order valence-electron chi connectivity index (χ2n) is 7.11. The number of hydrogen-bond donors (Lipinski definition) is 1. The van der Waals surface area contributed by atoms with Crippen LogP contribution in [-0.2, 0) is 0 Å². The first-order valence-electron chi connectivity index (χ1n) is 7.94. The molecule has 2 fully saturated rings. The maximum Gasteiger partial charge on any atom is 0.0454 e. The van der Waals surface area contributed by atoms with Crippen LogP contribution in [0.1, 0.15) is 30.7 Å². The van der Waals surface area contributed by atoms with Gasteiger partial charge in [-0.2, -0.15) is 0 Å². The monoisotopic (exact) mass is 268 g/mol. The minimum Gasteiger partial charge on any atom is -0.361 e. The average Bonchev–Trinajstić information content (AvgIpc) is 3.12. The second kappa shape index (κ2) is 4.63. The topological polar surface area (TPSA) is 19.0 Å². The van der Waals surface area contributed by atoms with Crippen molar-refractivity contribution >= 4 is 10.9 Å². The van der Waals surface area contributed by atoms with Crippen LogP contribution in [0.25, 0.3) is 10.9 Å². The fourth-order valence-electron chi connectivity index (χ4n) is 4.89. The second-order valence-corrected chi connectivity index (χ2v) is 7.11. The number of hydrogen-bond acceptors (Lipinski definition) is 1. The summed E-state index contributed by atoms with van der Waals surface area (Å²) < 4.78 is 0. The van der Waals surface area contributed by atoms with Crippen LogP contribution in [0, 0.1) is 17.8 Å². The van der Waals surface area contributed by atoms with Gasteiger partial charge < -0.3 is 9.88 Å². The first kappa shape index (κ1) is 12.5. The molecule has 2 saturated carbocycles. The van der Waals surface area contributed by atoms with Crippen molar-refractivity contribution in [2.75, 3.05) is 20.6 Å². The Morgan fingerprint density at radius 1 is 1.15 bits per heavy atom. The van der Waals surface area contributed by atoms with Crippen molar-refractivity contribution in [1.29, 1.82) is 0 Å². The van der Waals surface area contributed by atoms with Crippen molar-refractivity contribution in [1.82, 2.24) is 9.88 Å². The maximum atomic E-state index is 3.31. The van der Waals surface area contributed by atoms with E-state index in [1.807, 2.05) is 6.20 Å². The van der Waals surface area contributed by atoms with E-state index in [-0.39, 0.29) is 0 Å². The van der Waals surface area contributed by atoms with Crippen LogP contribution < -0.4 is 0 Å². The summed E-state index contributed by atoms with van der Waals surface area (Å²) in [6.07, 6.45) is 6.43. The maximum absolute atomic E-state index is 3.31. The summed E-state index contributed by atoms with van der Waals surface area (Å²) in [6.45, 7) is 1.25. The normalized spacial score (nSPS) is 32.5. The Kier molecular flexibility index (Phi) is 2.88. The van der Waals surface area contributed by atoms with E-state index in [1.54, 1.807) is 5.56 Å². The van der Waals surface area contributed by atoms with Gasteiger partial charge in [0.05, 0.1) is 0 Å². The van der Waals surface area contributed by atoms with Gasteiger partial charge in [0.15, 0.2) is 0 Å². The minimum absolute atomic E-state index is 0.787. The summed E-state index contributed by atoms with van der Waals surface area (Å²) in [5.74, 6) is 3.55. The highest BCUT2D eigenvalue weighted by molar-refractivity contribution is 5.80. The van der Waals surface area contributed by atoms with Gasteiger partial charge in [0.25, 0.3) is 0 Å². The van der Waals surface area contributed by atoms with E-state index in [2.05, 4.69) is 48.2 Å². The van der Waals surface area contributed by atoms with Crippen LogP contribution in [0.3, 0.4) is 0 Å². The molecule has 2 aliphatic carbocycles. The van der Waals surface area contributed by atoms with E-state index >= 15 is 0 Å². The molecular formula is C18H24N2. The fourth-order valence-corrected chi connectivity index (χ4v) is 4.89. The molecule has 1 heterocycles. The van der Waals surface area contributed by atoms with Crippen LogP contribution >= 0.6 is 0 Å². The van der Waals surface area contributed by atoms with E-state index in [4.69, 9.17) is 0 Å². The molecule has 1 aromatic carbocycles. The smallest absolute Gasteiger partial charge is 0.0454 e. The average molecular weight is 268 g/mol. The number of fused-ring (bicyclic) bond motifs is 3. The molecule has 0 spiro atoms. The van der Waals surface area contributed by atoms with Crippen molar-refractivity contribution in [2.24, 2.45) is 17.8 Å². The Hall–Kier alpha value is -1.28. The number of nitrogens with zero attached hydrogens (tertiary/aromatic N) is 1. The minimum atomic E-state index is 0.787. The lowest BCUT2D eigenvalue weighted by atomic mass is 9.75. The van der Waals surface area contributed by atoms with E-state index in [0.29, 0.717) is 0 Å². The summed E-state index contributed by atoms with van der Waals surface area (Å²) >= 11 is 0. The zero-order chi connectivity index (χ0) is 13.7. The fraction of sp³-hybridized carbons (Fsp3) is 0.556. The quantitative estimate of drug-likeness (QED) is 0.895. The Labute approximate surface area is 121 Å². The first-order chi connectivity index (χ1) is 9.72. The van der Waals surface area contributed by atoms with Gasteiger partial charge in [0.1, 0.15) is 0 Å². The molecule has 1 N–H and O–H groups in total. The summed E-state index contributed by atoms with van der Waals surface area (Å²) in [5, 5.41) is 1.37. The number of rotatable bonds is 3. The Balaban J connectivity index is 1.70. The molecule has 4 atom stereocenters. The predicted octanol–water partition coefficient (Wildman–Crippen LogP) is 3.86. The molecule has 2 aliphatic rings. The van der Waals surface area contributed by atoms with Crippen LogP contribution in [0.5, 0.6) is 0 Å². The summed E-state index contributed by atoms with van der Waals surface area (Å²) in [6, 6.07) is 9.27. The van der Waals surface area contributed by atoms with Crippen LogP contribution in [0.15, 0.2) is 30.5 Å². The molecule has 2 bridgehead atoms. The van der Waals surface area contributed by atoms with Crippen molar-refractivity contribution in [3.05, 3.63) is 36.0 Å². The van der Waals surface area contributed by atoms with Crippen LogP contribution in [-0.4, -0.2) is 30.5 Å². The van der Waals surface area contributed by atoms with Gasteiger partial charge in [-0.3, -0.25) is 0 Å². The van der Waals surface area contributed by atoms with E-state index in [0.717, 1.165) is 23.7 Å². The zero-order valence-corrected chi connectivity index (χ0v) is 12.5. The van der Waals surface area contributed by atoms with Crippen LogP contribution in [0.4, 0.5) is 0 Å². The largest absolute Gasteiger partial charge is 0.361 e. The van der Waals surface area contributed by atoms with Crippen molar-refractivity contribution in [3.8, 4) is 0 Å². The highest BCUT2D eigenvalue weighted by atomic mass is 15.1. The van der Waals surface area contributed by atoms with Gasteiger partial charge in [0.2, 0.25) is 0 Å². The number of aromatic nitrogens is 1. The van der Waals surface area contributed by atoms with Crippen LogP contribution in [0.2, 0.25) is 0 Å². The Bertz CT molecular complexity index is 613. The molecule has 0 unspecified atom stereocenters. The van der Waals surface area contributed by atoms with Crippen molar-refractivity contribution in [3.63, 3.8) is 0 Å². The van der Waals surface area contributed by atoms with Gasteiger partial charge in [0, 0.05) is 18.3 Å². The van der Waals surface area contributed by atoms with E-state index in [1.165, 1.54) is 36.7 Å². The lowest BCUT2D eigenvalue weighted by molar-refractivity contribution is 0.219. The van der Waals surface area contributed by atoms with Gasteiger partial charge in [-0.15, -0.1) is 0 Å². The molecule has 20 heavy (non-hydrogen) atoms. The van der Waals surface area contributed by atoms with Gasteiger partial charge >= 0.3 is 0 Å². The third kappa shape index (κ3) is 1.89. The van der Waals surface area contributed by atoms with Gasteiger partial charge in [-0.05, 0) is 86.2 Å². The van der Waals surface area contributed by atoms with Crippen molar-refractivity contribution < 1.29 is 0 Å². The third-order valence-corrected chi connectivity index (χ3v) is 5.63. The summed E-state index contributed by atoms with van der Waals surface area (Å²) in [5.41, 5.74) is 2.84. The standard InChI is InChI=1S/C18H24N2/c1-20(2)11-16-12-3-4-14(9-12)18(16)15-5-6-17-13(10-15)7-8-19-17/h5-8,10,12,14,16,18-19H,3-4,9,11H2,1-2H3/t12-,14+,16-,18+/m0/s1. The lowest BCUT2D eigenvalue weighted by Crippen LogP contribution is -2.30. The van der Waals surface area contributed by atoms with E-state index in [9.17, 15) is 0 Å². The SMILES string of the molecule is CN(C)C[C@H]1[C@H]2CC[C@H](C2)[C@@H]1c1ccc2[nH]ccc2c1. The molecular weight excluding hydrogens is 244 g/mol. The van der Waals surface area contributed by atoms with Gasteiger partial charge in [-0.1, -0.05) is 6.07 Å². The molecule has 2 aromatic rings. The van der Waals surface area contributed by atoms with Gasteiger partial charge in [-0.25, -0.2) is 0 Å². The van der Waals surface area contributed by atoms with E-state index < -0.39 is 0 Å². The Morgan fingerprint density at radius 3 is 2.85 bits per heavy atom. The molecule has 4 rings (SSSR count). The number of aromatic amines is 1. The number of nitrogens with one attached hydrogen (secondary N) is 1. The number of benzene rings is 1. The molecule has 1 aromatic heterocycles.